The van der Waals surface area contributed by atoms with Gasteiger partial charge in [-0.1, -0.05) is 6.07 Å². The van der Waals surface area contributed by atoms with Crippen LogP contribution >= 0.6 is 0 Å². The summed E-state index contributed by atoms with van der Waals surface area (Å²) in [5.41, 5.74) is 1.38. The molecule has 1 atom stereocenters. The number of hydrogen-bond donors (Lipinski definition) is 0. The molecule has 1 aliphatic rings. The number of anilines is 1. The van der Waals surface area contributed by atoms with Gasteiger partial charge in [0.05, 0.1) is 33.4 Å². The lowest BCUT2D eigenvalue weighted by atomic mass is 10.1. The minimum Gasteiger partial charge on any atom is -0.497 e. The molecule has 3 amide bonds. The number of hydrogen-bond acceptors (Lipinski definition) is 6. The summed E-state index contributed by atoms with van der Waals surface area (Å²) in [5, 5.41) is 0. The molecule has 1 unspecified atom stereocenters. The summed E-state index contributed by atoms with van der Waals surface area (Å²) in [6.45, 7) is 1.70. The van der Waals surface area contributed by atoms with Crippen molar-refractivity contribution in [1.82, 2.24) is 4.90 Å². The number of benzene rings is 2. The van der Waals surface area contributed by atoms with Crippen molar-refractivity contribution in [3.8, 4) is 17.2 Å². The Morgan fingerprint density at radius 2 is 1.68 bits per heavy atom. The van der Waals surface area contributed by atoms with Crippen molar-refractivity contribution in [3.63, 3.8) is 0 Å². The van der Waals surface area contributed by atoms with Crippen molar-refractivity contribution in [2.45, 2.75) is 25.8 Å². The van der Waals surface area contributed by atoms with E-state index < -0.39 is 11.9 Å². The van der Waals surface area contributed by atoms with Crippen LogP contribution in [-0.2, 0) is 20.8 Å². The molecule has 0 aliphatic carbocycles. The van der Waals surface area contributed by atoms with Crippen LogP contribution < -0.4 is 19.1 Å². The van der Waals surface area contributed by atoms with E-state index in [0.717, 1.165) is 10.5 Å². The van der Waals surface area contributed by atoms with Crippen molar-refractivity contribution in [2.24, 2.45) is 0 Å². The Labute approximate surface area is 181 Å². The molecule has 1 saturated heterocycles. The monoisotopic (exact) mass is 426 g/mol. The molecule has 1 aliphatic heterocycles. The minimum atomic E-state index is -0.827. The second-order valence-corrected chi connectivity index (χ2v) is 7.14. The fourth-order valence-electron chi connectivity index (χ4n) is 3.68. The molecular formula is C23H26N2O6. The number of nitrogens with zero attached hydrogens (tertiary/aromatic N) is 2. The predicted molar refractivity (Wildman–Crippen MR) is 115 cm³/mol. The number of carbonyl (C=O) groups is 3. The molecule has 0 aromatic heterocycles. The molecule has 2 aromatic carbocycles. The summed E-state index contributed by atoms with van der Waals surface area (Å²) < 4.78 is 15.7. The Morgan fingerprint density at radius 3 is 2.26 bits per heavy atom. The lowest BCUT2D eigenvalue weighted by molar-refractivity contribution is -0.136. The fourth-order valence-corrected chi connectivity index (χ4v) is 3.68. The van der Waals surface area contributed by atoms with Crippen LogP contribution in [0.15, 0.2) is 42.5 Å². The third-order valence-corrected chi connectivity index (χ3v) is 5.32. The topological polar surface area (TPSA) is 85.4 Å². The maximum atomic E-state index is 13.1. The molecule has 0 N–H and O–H groups in total. The molecule has 0 radical (unpaired) electrons. The Kier molecular flexibility index (Phi) is 6.79. The molecule has 31 heavy (non-hydrogen) atoms. The number of methoxy groups -OCH3 is 3. The first-order chi connectivity index (χ1) is 14.9. The Bertz CT molecular complexity index is 973. The summed E-state index contributed by atoms with van der Waals surface area (Å²) in [4.78, 5) is 40.6. The highest BCUT2D eigenvalue weighted by atomic mass is 16.5. The van der Waals surface area contributed by atoms with Gasteiger partial charge in [-0.15, -0.1) is 0 Å². The number of carbonyl (C=O) groups excluding carboxylic acids is 3. The van der Waals surface area contributed by atoms with Crippen molar-refractivity contribution >= 4 is 23.4 Å². The first-order valence-electron chi connectivity index (χ1n) is 9.88. The van der Waals surface area contributed by atoms with E-state index in [4.69, 9.17) is 14.2 Å². The van der Waals surface area contributed by atoms with E-state index in [1.807, 2.05) is 12.1 Å². The summed E-state index contributed by atoms with van der Waals surface area (Å²) >= 11 is 0. The standard InChI is InChI=1S/C23H26N2O6/c1-15(26)24(12-11-16-5-10-20(30-3)21(13-16)31-4)19-14-22(27)25(23(19)28)17-6-8-18(29-2)9-7-17/h5-10,13,19H,11-12,14H2,1-4H3. The van der Waals surface area contributed by atoms with E-state index in [2.05, 4.69) is 0 Å². The van der Waals surface area contributed by atoms with Crippen LogP contribution in [0.1, 0.15) is 18.9 Å². The average Bonchev–Trinajstić information content (AvgIpc) is 3.07. The van der Waals surface area contributed by atoms with Gasteiger partial charge in [0, 0.05) is 13.5 Å². The van der Waals surface area contributed by atoms with Crippen LogP contribution in [0.4, 0.5) is 5.69 Å². The van der Waals surface area contributed by atoms with Gasteiger partial charge in [0.1, 0.15) is 11.8 Å². The summed E-state index contributed by atoms with van der Waals surface area (Å²) in [6, 6.07) is 11.4. The smallest absolute Gasteiger partial charge is 0.257 e. The Morgan fingerprint density at radius 1 is 1.00 bits per heavy atom. The maximum absolute atomic E-state index is 13.1. The van der Waals surface area contributed by atoms with Gasteiger partial charge in [0.15, 0.2) is 11.5 Å². The highest BCUT2D eigenvalue weighted by molar-refractivity contribution is 6.23. The Hall–Kier alpha value is -3.55. The van der Waals surface area contributed by atoms with Crippen LogP contribution in [0.3, 0.4) is 0 Å². The quantitative estimate of drug-likeness (QED) is 0.603. The summed E-state index contributed by atoms with van der Waals surface area (Å²) in [7, 11) is 4.66. The van der Waals surface area contributed by atoms with E-state index >= 15 is 0 Å². The molecule has 164 valence electrons. The normalized spacial score (nSPS) is 15.7. The van der Waals surface area contributed by atoms with Gasteiger partial charge < -0.3 is 19.1 Å². The van der Waals surface area contributed by atoms with Crippen LogP contribution in [0.2, 0.25) is 0 Å². The second kappa shape index (κ2) is 9.51. The van der Waals surface area contributed by atoms with Gasteiger partial charge in [-0.25, -0.2) is 4.90 Å². The maximum Gasteiger partial charge on any atom is 0.257 e. The van der Waals surface area contributed by atoms with Gasteiger partial charge in [-0.05, 0) is 48.4 Å². The third-order valence-electron chi connectivity index (χ3n) is 5.32. The Balaban J connectivity index is 1.76. The zero-order valence-electron chi connectivity index (χ0n) is 18.1. The van der Waals surface area contributed by atoms with Crippen LogP contribution in [-0.4, -0.2) is 56.5 Å². The largest absolute Gasteiger partial charge is 0.497 e. The second-order valence-electron chi connectivity index (χ2n) is 7.14. The first-order valence-corrected chi connectivity index (χ1v) is 9.88. The predicted octanol–water partition coefficient (Wildman–Crippen LogP) is 2.44. The van der Waals surface area contributed by atoms with Gasteiger partial charge in [-0.3, -0.25) is 14.4 Å². The highest BCUT2D eigenvalue weighted by Gasteiger charge is 2.43. The number of amides is 3. The molecule has 3 rings (SSSR count). The molecule has 1 fully saturated rings. The zero-order chi connectivity index (χ0) is 22.5. The van der Waals surface area contributed by atoms with Crippen molar-refractivity contribution < 1.29 is 28.6 Å². The lowest BCUT2D eigenvalue weighted by Crippen LogP contribution is -2.45. The molecule has 0 bridgehead atoms. The van der Waals surface area contributed by atoms with Crippen molar-refractivity contribution in [2.75, 3.05) is 32.8 Å². The SMILES string of the molecule is COc1ccc(N2C(=O)CC(N(CCc3ccc(OC)c(OC)c3)C(C)=O)C2=O)cc1. The van der Waals surface area contributed by atoms with Crippen LogP contribution in [0, 0.1) is 0 Å². The average molecular weight is 426 g/mol. The van der Waals surface area contributed by atoms with Gasteiger partial charge in [0.25, 0.3) is 5.91 Å². The zero-order valence-corrected chi connectivity index (χ0v) is 18.1. The summed E-state index contributed by atoms with van der Waals surface area (Å²) in [5.74, 6) is 0.826. The van der Waals surface area contributed by atoms with E-state index in [1.165, 1.54) is 11.8 Å². The van der Waals surface area contributed by atoms with E-state index in [0.29, 0.717) is 35.9 Å². The first kappa shape index (κ1) is 22.1. The lowest BCUT2D eigenvalue weighted by Gasteiger charge is -2.26. The molecule has 0 saturated carbocycles. The molecule has 0 spiro atoms. The number of imide groups is 1. The number of rotatable bonds is 8. The van der Waals surface area contributed by atoms with E-state index in [1.54, 1.807) is 51.7 Å². The molecule has 8 nitrogen and oxygen atoms in total. The van der Waals surface area contributed by atoms with Crippen LogP contribution in [0.5, 0.6) is 17.2 Å². The van der Waals surface area contributed by atoms with Crippen molar-refractivity contribution in [3.05, 3.63) is 48.0 Å². The van der Waals surface area contributed by atoms with Crippen molar-refractivity contribution in [1.29, 1.82) is 0 Å². The minimum absolute atomic E-state index is 0.0453. The molecule has 2 aromatic rings. The fraction of sp³-hybridized carbons (Fsp3) is 0.348. The number of ether oxygens (including phenoxy) is 3. The third kappa shape index (κ3) is 4.63. The van der Waals surface area contributed by atoms with Gasteiger partial charge in [0.2, 0.25) is 11.8 Å². The molecular weight excluding hydrogens is 400 g/mol. The van der Waals surface area contributed by atoms with Crippen LogP contribution in [0.25, 0.3) is 0 Å². The van der Waals surface area contributed by atoms with E-state index in [-0.39, 0.29) is 18.2 Å². The van der Waals surface area contributed by atoms with Gasteiger partial charge in [-0.2, -0.15) is 0 Å². The highest BCUT2D eigenvalue weighted by Crippen LogP contribution is 2.29. The molecule has 1 heterocycles. The van der Waals surface area contributed by atoms with Gasteiger partial charge >= 0.3 is 0 Å². The summed E-state index contributed by atoms with van der Waals surface area (Å²) in [6.07, 6.45) is 0.455. The van der Waals surface area contributed by atoms with E-state index in [9.17, 15) is 14.4 Å². The molecule has 8 heteroatoms.